The van der Waals surface area contributed by atoms with Gasteiger partial charge in [-0.25, -0.2) is 12.7 Å². The highest BCUT2D eigenvalue weighted by molar-refractivity contribution is 7.88. The van der Waals surface area contributed by atoms with E-state index in [4.69, 9.17) is 0 Å². The largest absolute Gasteiger partial charge is 0.298 e. The molecule has 1 atom stereocenters. The second-order valence-corrected chi connectivity index (χ2v) is 9.23. The zero-order valence-electron chi connectivity index (χ0n) is 14.0. The monoisotopic (exact) mass is 336 g/mol. The first-order valence-electron chi connectivity index (χ1n) is 8.72. The summed E-state index contributed by atoms with van der Waals surface area (Å²) in [7, 11) is -3.03. The molecule has 1 aliphatic heterocycles. The Labute approximate surface area is 140 Å². The molecule has 2 fully saturated rings. The molecule has 0 spiro atoms. The predicted octanol–water partition coefficient (Wildman–Crippen LogP) is 2.57. The fourth-order valence-corrected chi connectivity index (χ4v) is 4.62. The lowest BCUT2D eigenvalue weighted by molar-refractivity contribution is 0.153. The number of hydrogen-bond donors (Lipinski definition) is 0. The van der Waals surface area contributed by atoms with Crippen LogP contribution < -0.4 is 0 Å². The van der Waals surface area contributed by atoms with Crippen LogP contribution in [0.4, 0.5) is 0 Å². The van der Waals surface area contributed by atoms with E-state index in [1.54, 1.807) is 4.31 Å². The molecule has 23 heavy (non-hydrogen) atoms. The molecule has 5 heteroatoms. The molecule has 1 aliphatic carbocycles. The van der Waals surface area contributed by atoms with Gasteiger partial charge in [-0.3, -0.25) is 4.90 Å². The summed E-state index contributed by atoms with van der Waals surface area (Å²) in [6.45, 7) is 4.52. The van der Waals surface area contributed by atoms with Crippen molar-refractivity contribution >= 4 is 10.0 Å². The lowest BCUT2D eigenvalue weighted by atomic mass is 9.85. The van der Waals surface area contributed by atoms with E-state index < -0.39 is 10.0 Å². The number of nitrogens with zero attached hydrogens (tertiary/aromatic N) is 2. The standard InChI is InChI=1S/C18H28N2O2S/c1-23(21,22)20-11-10-18(15-20)14-19(13-17-8-5-9-17)12-16-6-3-2-4-7-16/h2-4,6-7,17-18H,5,8-15H2,1H3/t18-/m1/s1. The molecule has 128 valence electrons. The molecule has 4 nitrogen and oxygen atoms in total. The van der Waals surface area contributed by atoms with Gasteiger partial charge in [0.2, 0.25) is 10.0 Å². The van der Waals surface area contributed by atoms with Crippen molar-refractivity contribution in [3.63, 3.8) is 0 Å². The Bertz CT molecular complexity index is 599. The van der Waals surface area contributed by atoms with Crippen molar-refractivity contribution in [2.45, 2.75) is 32.2 Å². The van der Waals surface area contributed by atoms with Crippen molar-refractivity contribution in [3.8, 4) is 0 Å². The zero-order chi connectivity index (χ0) is 16.3. The van der Waals surface area contributed by atoms with Gasteiger partial charge in [-0.2, -0.15) is 0 Å². The first-order chi connectivity index (χ1) is 11.0. The van der Waals surface area contributed by atoms with Crippen LogP contribution in [0.2, 0.25) is 0 Å². The predicted molar refractivity (Wildman–Crippen MR) is 93.6 cm³/mol. The molecule has 1 saturated heterocycles. The molecule has 3 rings (SSSR count). The summed E-state index contributed by atoms with van der Waals surface area (Å²) in [5.74, 6) is 1.31. The molecule has 1 heterocycles. The number of benzene rings is 1. The van der Waals surface area contributed by atoms with E-state index in [2.05, 4.69) is 35.2 Å². The van der Waals surface area contributed by atoms with Crippen LogP contribution in [-0.2, 0) is 16.6 Å². The second-order valence-electron chi connectivity index (χ2n) is 7.25. The first-order valence-corrected chi connectivity index (χ1v) is 10.6. The van der Waals surface area contributed by atoms with Crippen LogP contribution in [0.15, 0.2) is 30.3 Å². The maximum Gasteiger partial charge on any atom is 0.211 e. The fourth-order valence-electron chi connectivity index (χ4n) is 3.70. The topological polar surface area (TPSA) is 40.6 Å². The van der Waals surface area contributed by atoms with Gasteiger partial charge in [0.15, 0.2) is 0 Å². The lowest BCUT2D eigenvalue weighted by Crippen LogP contribution is -2.37. The molecule has 1 aromatic rings. The molecule has 2 aliphatic rings. The summed E-state index contributed by atoms with van der Waals surface area (Å²) in [6, 6.07) is 10.6. The van der Waals surface area contributed by atoms with Crippen molar-refractivity contribution in [1.29, 1.82) is 0 Å². The normalized spacial score (nSPS) is 23.3. The number of hydrogen-bond acceptors (Lipinski definition) is 3. The molecule has 0 radical (unpaired) electrons. The Morgan fingerprint density at radius 3 is 2.35 bits per heavy atom. The van der Waals surface area contributed by atoms with Gasteiger partial charge >= 0.3 is 0 Å². The van der Waals surface area contributed by atoms with Crippen LogP contribution in [0.25, 0.3) is 0 Å². The van der Waals surface area contributed by atoms with Crippen LogP contribution in [0.3, 0.4) is 0 Å². The van der Waals surface area contributed by atoms with Crippen molar-refractivity contribution < 1.29 is 8.42 Å². The molecule has 1 aromatic carbocycles. The average Bonchev–Trinajstić information content (AvgIpc) is 2.92. The van der Waals surface area contributed by atoms with Crippen LogP contribution >= 0.6 is 0 Å². The fraction of sp³-hybridized carbons (Fsp3) is 0.667. The third kappa shape index (κ3) is 4.78. The van der Waals surface area contributed by atoms with Gasteiger partial charge in [-0.1, -0.05) is 36.8 Å². The van der Waals surface area contributed by atoms with E-state index in [0.29, 0.717) is 19.0 Å². The molecular formula is C18H28N2O2S. The van der Waals surface area contributed by atoms with Crippen LogP contribution in [0.1, 0.15) is 31.2 Å². The second kappa shape index (κ2) is 7.32. The van der Waals surface area contributed by atoms with E-state index in [0.717, 1.165) is 32.0 Å². The minimum Gasteiger partial charge on any atom is -0.298 e. The van der Waals surface area contributed by atoms with Crippen LogP contribution in [-0.4, -0.2) is 50.1 Å². The Hall–Kier alpha value is -0.910. The van der Waals surface area contributed by atoms with E-state index in [-0.39, 0.29) is 0 Å². The van der Waals surface area contributed by atoms with Crippen LogP contribution in [0, 0.1) is 11.8 Å². The molecule has 0 bridgehead atoms. The Morgan fingerprint density at radius 2 is 1.78 bits per heavy atom. The lowest BCUT2D eigenvalue weighted by Gasteiger charge is -2.34. The summed E-state index contributed by atoms with van der Waals surface area (Å²) >= 11 is 0. The van der Waals surface area contributed by atoms with Crippen molar-refractivity contribution in [2.75, 3.05) is 32.4 Å². The highest BCUT2D eigenvalue weighted by atomic mass is 32.2. The zero-order valence-corrected chi connectivity index (χ0v) is 14.8. The van der Waals surface area contributed by atoms with Gasteiger partial charge < -0.3 is 0 Å². The van der Waals surface area contributed by atoms with Crippen molar-refractivity contribution in [1.82, 2.24) is 9.21 Å². The third-order valence-corrected chi connectivity index (χ3v) is 6.49. The average molecular weight is 337 g/mol. The van der Waals surface area contributed by atoms with Gasteiger partial charge in [-0.15, -0.1) is 0 Å². The Balaban J connectivity index is 1.59. The number of rotatable bonds is 7. The summed E-state index contributed by atoms with van der Waals surface area (Å²) < 4.78 is 25.0. The summed E-state index contributed by atoms with van der Waals surface area (Å²) in [5.41, 5.74) is 1.35. The SMILES string of the molecule is CS(=O)(=O)N1CC[C@H](CN(Cc2ccccc2)CC2CCC2)C1. The van der Waals surface area contributed by atoms with Crippen molar-refractivity contribution in [3.05, 3.63) is 35.9 Å². The van der Waals surface area contributed by atoms with E-state index in [1.807, 2.05) is 0 Å². The molecule has 0 aromatic heterocycles. The Morgan fingerprint density at radius 1 is 1.09 bits per heavy atom. The minimum atomic E-state index is -3.03. The van der Waals surface area contributed by atoms with E-state index in [9.17, 15) is 8.42 Å². The highest BCUT2D eigenvalue weighted by Crippen LogP contribution is 2.29. The molecular weight excluding hydrogens is 308 g/mol. The molecule has 0 amide bonds. The quantitative estimate of drug-likeness (QED) is 0.768. The molecule has 0 unspecified atom stereocenters. The highest BCUT2D eigenvalue weighted by Gasteiger charge is 2.30. The van der Waals surface area contributed by atoms with Gasteiger partial charge in [0.1, 0.15) is 0 Å². The summed E-state index contributed by atoms with van der Waals surface area (Å²) in [4.78, 5) is 2.55. The van der Waals surface area contributed by atoms with Crippen LogP contribution in [0.5, 0.6) is 0 Å². The van der Waals surface area contributed by atoms with Gasteiger partial charge in [0.05, 0.1) is 6.26 Å². The molecule has 1 saturated carbocycles. The number of sulfonamides is 1. The van der Waals surface area contributed by atoms with E-state index >= 15 is 0 Å². The maximum absolute atomic E-state index is 11.7. The summed E-state index contributed by atoms with van der Waals surface area (Å²) in [5, 5.41) is 0. The first kappa shape index (κ1) is 16.9. The van der Waals surface area contributed by atoms with Gasteiger partial charge in [-0.05, 0) is 36.7 Å². The van der Waals surface area contributed by atoms with Crippen molar-refractivity contribution in [2.24, 2.45) is 11.8 Å². The molecule has 0 N–H and O–H groups in total. The van der Waals surface area contributed by atoms with Gasteiger partial charge in [0, 0.05) is 32.7 Å². The minimum absolute atomic E-state index is 0.466. The maximum atomic E-state index is 11.7. The van der Waals surface area contributed by atoms with E-state index in [1.165, 1.54) is 31.1 Å². The summed E-state index contributed by atoms with van der Waals surface area (Å²) in [6.07, 6.45) is 6.39. The van der Waals surface area contributed by atoms with Gasteiger partial charge in [0.25, 0.3) is 0 Å². The Kier molecular flexibility index (Phi) is 5.39. The third-order valence-electron chi connectivity index (χ3n) is 5.22. The smallest absolute Gasteiger partial charge is 0.211 e.